The first-order valence-electron chi connectivity index (χ1n) is 8.36. The molecule has 0 fully saturated rings. The van der Waals surface area contributed by atoms with Crippen LogP contribution in [0.2, 0.25) is 0 Å². The highest BCUT2D eigenvalue weighted by Crippen LogP contribution is 2.32. The predicted octanol–water partition coefficient (Wildman–Crippen LogP) is 4.21. The molecule has 0 aromatic heterocycles. The first-order chi connectivity index (χ1) is 11.3. The molecular formula is C20H23NO2. The summed E-state index contributed by atoms with van der Waals surface area (Å²) in [5, 5.41) is 3.24. The minimum Gasteiger partial charge on any atom is -0.493 e. The molecule has 0 spiro atoms. The number of benzene rings is 2. The van der Waals surface area contributed by atoms with Crippen molar-refractivity contribution >= 4 is 5.91 Å². The van der Waals surface area contributed by atoms with Gasteiger partial charge in [-0.15, -0.1) is 0 Å². The van der Waals surface area contributed by atoms with Crippen molar-refractivity contribution in [3.05, 3.63) is 65.7 Å². The molecule has 2 aromatic carbocycles. The topological polar surface area (TPSA) is 38.3 Å². The Hall–Kier alpha value is -2.29. The smallest absolute Gasteiger partial charge is 0.228 e. The van der Waals surface area contributed by atoms with Crippen LogP contribution in [0.4, 0.5) is 0 Å². The van der Waals surface area contributed by atoms with Gasteiger partial charge in [-0.05, 0) is 18.1 Å². The lowest BCUT2D eigenvalue weighted by Crippen LogP contribution is -2.35. The summed E-state index contributed by atoms with van der Waals surface area (Å²) < 4.78 is 5.68. The molecule has 3 nitrogen and oxygen atoms in total. The Morgan fingerprint density at radius 1 is 1.17 bits per heavy atom. The van der Waals surface area contributed by atoms with Crippen LogP contribution in [-0.4, -0.2) is 12.5 Å². The molecule has 1 heterocycles. The van der Waals surface area contributed by atoms with Crippen molar-refractivity contribution in [2.75, 3.05) is 6.61 Å². The molecule has 1 aliphatic rings. The van der Waals surface area contributed by atoms with E-state index in [0.29, 0.717) is 6.61 Å². The molecule has 3 rings (SSSR count). The van der Waals surface area contributed by atoms with Gasteiger partial charge in [-0.3, -0.25) is 4.79 Å². The summed E-state index contributed by atoms with van der Waals surface area (Å²) in [6, 6.07) is 18.1. The lowest BCUT2D eigenvalue weighted by Gasteiger charge is -2.28. The maximum atomic E-state index is 12.9. The first kappa shape index (κ1) is 15.6. The van der Waals surface area contributed by atoms with Gasteiger partial charge in [-0.25, -0.2) is 0 Å². The standard InChI is InChI=1S/C20H23NO2/c1-2-8-16(15-9-4-3-5-10-15)20(22)21-18-13-14-23-19-12-7-6-11-17(18)19/h3-7,9-12,16,18H,2,8,13-14H2,1H3,(H,21,22)/t16-,18+/m0/s1. The maximum Gasteiger partial charge on any atom is 0.228 e. The Bertz CT molecular complexity index is 654. The summed E-state index contributed by atoms with van der Waals surface area (Å²) in [4.78, 5) is 12.9. The Kier molecular flexibility index (Phi) is 4.96. The minimum atomic E-state index is -0.0868. The molecule has 2 aromatic rings. The largest absolute Gasteiger partial charge is 0.493 e. The second-order valence-corrected chi connectivity index (χ2v) is 5.99. The van der Waals surface area contributed by atoms with Crippen molar-refractivity contribution in [1.29, 1.82) is 0 Å². The third-order valence-corrected chi connectivity index (χ3v) is 4.37. The average Bonchev–Trinajstić information content (AvgIpc) is 2.60. The van der Waals surface area contributed by atoms with Gasteiger partial charge in [0, 0.05) is 12.0 Å². The molecule has 1 N–H and O–H groups in total. The second kappa shape index (κ2) is 7.32. The van der Waals surface area contributed by atoms with Crippen LogP contribution in [0.3, 0.4) is 0 Å². The van der Waals surface area contributed by atoms with E-state index in [9.17, 15) is 4.79 Å². The number of hydrogen-bond donors (Lipinski definition) is 1. The first-order valence-corrected chi connectivity index (χ1v) is 8.36. The molecular weight excluding hydrogens is 286 g/mol. The van der Waals surface area contributed by atoms with Crippen LogP contribution in [0.5, 0.6) is 5.75 Å². The van der Waals surface area contributed by atoms with Crippen molar-refractivity contribution < 1.29 is 9.53 Å². The molecule has 0 radical (unpaired) electrons. The van der Waals surface area contributed by atoms with Gasteiger partial charge in [0.2, 0.25) is 5.91 Å². The number of fused-ring (bicyclic) bond motifs is 1. The molecule has 3 heteroatoms. The molecule has 0 saturated carbocycles. The number of carbonyl (C=O) groups excluding carboxylic acids is 1. The lowest BCUT2D eigenvalue weighted by atomic mass is 9.92. The summed E-state index contributed by atoms with van der Waals surface area (Å²) in [6.07, 6.45) is 2.66. The van der Waals surface area contributed by atoms with E-state index in [1.165, 1.54) is 0 Å². The zero-order valence-electron chi connectivity index (χ0n) is 13.5. The highest BCUT2D eigenvalue weighted by Gasteiger charge is 2.26. The fourth-order valence-corrected chi connectivity index (χ4v) is 3.19. The van der Waals surface area contributed by atoms with E-state index in [4.69, 9.17) is 4.74 Å². The zero-order valence-corrected chi connectivity index (χ0v) is 13.5. The SMILES string of the molecule is CCC[C@H](C(=O)N[C@@H]1CCOc2ccccc21)c1ccccc1. The van der Waals surface area contributed by atoms with Crippen molar-refractivity contribution in [2.24, 2.45) is 0 Å². The van der Waals surface area contributed by atoms with Gasteiger partial charge in [-0.1, -0.05) is 61.9 Å². The van der Waals surface area contributed by atoms with Gasteiger partial charge in [0.15, 0.2) is 0 Å². The molecule has 1 aliphatic heterocycles. The normalized spacial score (nSPS) is 17.7. The summed E-state index contributed by atoms with van der Waals surface area (Å²) in [6.45, 7) is 2.76. The molecule has 2 atom stereocenters. The zero-order chi connectivity index (χ0) is 16.1. The predicted molar refractivity (Wildman–Crippen MR) is 91.5 cm³/mol. The van der Waals surface area contributed by atoms with Crippen molar-refractivity contribution in [2.45, 2.75) is 38.1 Å². The van der Waals surface area contributed by atoms with Crippen LogP contribution < -0.4 is 10.1 Å². The van der Waals surface area contributed by atoms with Crippen LogP contribution >= 0.6 is 0 Å². The number of para-hydroxylation sites is 1. The van der Waals surface area contributed by atoms with Crippen molar-refractivity contribution in [3.63, 3.8) is 0 Å². The Morgan fingerprint density at radius 2 is 1.91 bits per heavy atom. The minimum absolute atomic E-state index is 0.0375. The van der Waals surface area contributed by atoms with Crippen molar-refractivity contribution in [1.82, 2.24) is 5.32 Å². The van der Waals surface area contributed by atoms with Gasteiger partial charge in [-0.2, -0.15) is 0 Å². The third-order valence-electron chi connectivity index (χ3n) is 4.37. The summed E-state index contributed by atoms with van der Waals surface area (Å²) in [5.41, 5.74) is 2.17. The second-order valence-electron chi connectivity index (χ2n) is 5.99. The Balaban J connectivity index is 1.78. The van der Waals surface area contributed by atoms with E-state index < -0.39 is 0 Å². The fourth-order valence-electron chi connectivity index (χ4n) is 3.19. The summed E-state index contributed by atoms with van der Waals surface area (Å²) in [5.74, 6) is 0.909. The number of carbonyl (C=O) groups is 1. The number of ether oxygens (including phenoxy) is 1. The number of rotatable bonds is 5. The average molecular weight is 309 g/mol. The molecule has 1 amide bonds. The van der Waals surface area contributed by atoms with E-state index in [0.717, 1.165) is 36.1 Å². The molecule has 23 heavy (non-hydrogen) atoms. The Labute approximate surface area is 137 Å². The van der Waals surface area contributed by atoms with Crippen LogP contribution in [0, 0.1) is 0 Å². The van der Waals surface area contributed by atoms with Gasteiger partial charge in [0.05, 0.1) is 18.6 Å². The molecule has 0 bridgehead atoms. The highest BCUT2D eigenvalue weighted by atomic mass is 16.5. The van der Waals surface area contributed by atoms with Crippen LogP contribution in [0.1, 0.15) is 49.3 Å². The van der Waals surface area contributed by atoms with Gasteiger partial charge >= 0.3 is 0 Å². The van der Waals surface area contributed by atoms with Crippen LogP contribution in [-0.2, 0) is 4.79 Å². The number of amides is 1. The summed E-state index contributed by atoms with van der Waals surface area (Å²) in [7, 11) is 0. The quantitative estimate of drug-likeness (QED) is 0.898. The van der Waals surface area contributed by atoms with Gasteiger partial charge < -0.3 is 10.1 Å². The lowest BCUT2D eigenvalue weighted by molar-refractivity contribution is -0.123. The van der Waals surface area contributed by atoms with E-state index in [1.54, 1.807) is 0 Å². The van der Waals surface area contributed by atoms with E-state index in [-0.39, 0.29) is 17.9 Å². The van der Waals surface area contributed by atoms with Crippen LogP contribution in [0.25, 0.3) is 0 Å². The van der Waals surface area contributed by atoms with Gasteiger partial charge in [0.1, 0.15) is 5.75 Å². The number of hydrogen-bond acceptors (Lipinski definition) is 2. The van der Waals surface area contributed by atoms with E-state index in [1.807, 2.05) is 54.6 Å². The fraction of sp³-hybridized carbons (Fsp3) is 0.350. The Morgan fingerprint density at radius 3 is 2.70 bits per heavy atom. The van der Waals surface area contributed by atoms with Crippen molar-refractivity contribution in [3.8, 4) is 5.75 Å². The number of nitrogens with one attached hydrogen (secondary N) is 1. The van der Waals surface area contributed by atoms with E-state index >= 15 is 0 Å². The third kappa shape index (κ3) is 3.55. The van der Waals surface area contributed by atoms with E-state index in [2.05, 4.69) is 12.2 Å². The van der Waals surface area contributed by atoms with Gasteiger partial charge in [0.25, 0.3) is 0 Å². The summed E-state index contributed by atoms with van der Waals surface area (Å²) >= 11 is 0. The maximum absolute atomic E-state index is 12.9. The molecule has 120 valence electrons. The molecule has 0 saturated heterocycles. The monoisotopic (exact) mass is 309 g/mol. The van der Waals surface area contributed by atoms with Crippen LogP contribution in [0.15, 0.2) is 54.6 Å². The highest BCUT2D eigenvalue weighted by molar-refractivity contribution is 5.84. The molecule has 0 aliphatic carbocycles. The molecule has 0 unspecified atom stereocenters.